The Morgan fingerprint density at radius 2 is 1.90 bits per heavy atom. The lowest BCUT2D eigenvalue weighted by molar-refractivity contribution is -0.120. The summed E-state index contributed by atoms with van der Waals surface area (Å²) < 4.78 is 0. The van der Waals surface area contributed by atoms with Crippen molar-refractivity contribution in [3.63, 3.8) is 0 Å². The molecule has 21 heavy (non-hydrogen) atoms. The normalized spacial score (nSPS) is 26.1. The zero-order valence-electron chi connectivity index (χ0n) is 12.6. The van der Waals surface area contributed by atoms with Gasteiger partial charge in [-0.1, -0.05) is 0 Å². The largest absolute Gasteiger partial charge is 0.352 e. The molecule has 2 aliphatic carbocycles. The number of anilines is 1. The molecule has 112 valence electrons. The van der Waals surface area contributed by atoms with Crippen LogP contribution in [-0.2, 0) is 4.79 Å². The first-order valence-corrected chi connectivity index (χ1v) is 7.78. The summed E-state index contributed by atoms with van der Waals surface area (Å²) in [5, 5.41) is 5.80. The maximum atomic E-state index is 12.3. The Morgan fingerprint density at radius 1 is 1.19 bits per heavy atom. The van der Waals surface area contributed by atoms with Crippen LogP contribution in [0.4, 0.5) is 5.69 Å². The number of aryl methyl sites for hydroxylation is 1. The second-order valence-corrected chi connectivity index (χ2v) is 6.30. The highest BCUT2D eigenvalue weighted by Gasteiger charge is 2.47. The second kappa shape index (κ2) is 5.51. The van der Waals surface area contributed by atoms with Crippen molar-refractivity contribution in [3.05, 3.63) is 29.3 Å². The molecule has 0 aromatic heterocycles. The Bertz CT molecular complexity index is 572. The van der Waals surface area contributed by atoms with E-state index >= 15 is 0 Å². The van der Waals surface area contributed by atoms with Crippen LogP contribution in [0, 0.1) is 24.7 Å². The fourth-order valence-electron chi connectivity index (χ4n) is 3.37. The summed E-state index contributed by atoms with van der Waals surface area (Å²) in [4.78, 5) is 24.0. The maximum absolute atomic E-state index is 12.3. The van der Waals surface area contributed by atoms with Gasteiger partial charge in [0.15, 0.2) is 0 Å². The van der Waals surface area contributed by atoms with Crippen LogP contribution in [0.15, 0.2) is 18.2 Å². The van der Waals surface area contributed by atoms with E-state index in [1.807, 2.05) is 26.0 Å². The highest BCUT2D eigenvalue weighted by molar-refractivity contribution is 5.97. The fraction of sp³-hybridized carbons (Fsp3) is 0.529. The van der Waals surface area contributed by atoms with Crippen LogP contribution in [0.25, 0.3) is 0 Å². The molecular weight excluding hydrogens is 264 g/mol. The van der Waals surface area contributed by atoms with E-state index in [4.69, 9.17) is 0 Å². The number of carbonyl (C=O) groups excluding carboxylic acids is 2. The molecule has 2 aliphatic rings. The van der Waals surface area contributed by atoms with Gasteiger partial charge in [0.2, 0.25) is 5.91 Å². The molecule has 0 heterocycles. The van der Waals surface area contributed by atoms with Crippen molar-refractivity contribution in [3.8, 4) is 0 Å². The number of hydrogen-bond acceptors (Lipinski definition) is 2. The van der Waals surface area contributed by atoms with Crippen molar-refractivity contribution >= 4 is 17.5 Å². The van der Waals surface area contributed by atoms with Crippen molar-refractivity contribution in [1.82, 2.24) is 5.32 Å². The fourth-order valence-corrected chi connectivity index (χ4v) is 3.37. The Kier molecular flexibility index (Phi) is 3.70. The molecule has 2 atom stereocenters. The predicted molar refractivity (Wildman–Crippen MR) is 82.1 cm³/mol. The number of amides is 2. The molecule has 2 unspecified atom stereocenters. The highest BCUT2D eigenvalue weighted by atomic mass is 16.2. The summed E-state index contributed by atoms with van der Waals surface area (Å²) in [6.45, 7) is 4.43. The minimum absolute atomic E-state index is 0.0747. The molecule has 0 radical (unpaired) electrons. The average Bonchev–Trinajstić information content (AvgIpc) is 3.07. The van der Waals surface area contributed by atoms with Gasteiger partial charge in [0.05, 0.1) is 0 Å². The lowest BCUT2D eigenvalue weighted by atomic mass is 10.0. The monoisotopic (exact) mass is 286 g/mol. The van der Waals surface area contributed by atoms with Gasteiger partial charge in [-0.05, 0) is 68.7 Å². The summed E-state index contributed by atoms with van der Waals surface area (Å²) in [6, 6.07) is 5.42. The number of hydrogen-bond donors (Lipinski definition) is 2. The minimum atomic E-state index is -0.0747. The zero-order valence-corrected chi connectivity index (χ0v) is 12.6. The van der Waals surface area contributed by atoms with Gasteiger partial charge in [0, 0.05) is 23.7 Å². The van der Waals surface area contributed by atoms with E-state index in [1.54, 1.807) is 6.07 Å². The molecule has 0 saturated heterocycles. The molecule has 1 aromatic rings. The van der Waals surface area contributed by atoms with Crippen LogP contribution in [0.2, 0.25) is 0 Å². The van der Waals surface area contributed by atoms with E-state index in [0.717, 1.165) is 35.9 Å². The van der Waals surface area contributed by atoms with Gasteiger partial charge in [-0.25, -0.2) is 0 Å². The Hall–Kier alpha value is -1.84. The van der Waals surface area contributed by atoms with E-state index in [0.29, 0.717) is 12.1 Å². The molecule has 2 saturated carbocycles. The first-order chi connectivity index (χ1) is 10.1. The van der Waals surface area contributed by atoms with Gasteiger partial charge in [-0.2, -0.15) is 0 Å². The molecule has 2 amide bonds. The van der Waals surface area contributed by atoms with Crippen molar-refractivity contribution < 1.29 is 9.59 Å². The standard InChI is InChI=1S/C17H22N2O2/c1-3-18-16(20)11-4-5-15(10(2)6-11)19-17(21)14-8-12-7-13(12)9-14/h4-6,12-14H,3,7-9H2,1-2H3,(H,18,20)(H,19,21). The predicted octanol–water partition coefficient (Wildman–Crippen LogP) is 2.73. The number of rotatable bonds is 4. The van der Waals surface area contributed by atoms with Crippen molar-refractivity contribution in [2.24, 2.45) is 17.8 Å². The summed E-state index contributed by atoms with van der Waals surface area (Å²) in [6.07, 6.45) is 3.42. The van der Waals surface area contributed by atoms with Crippen LogP contribution >= 0.6 is 0 Å². The van der Waals surface area contributed by atoms with Crippen LogP contribution in [0.1, 0.15) is 42.1 Å². The Balaban J connectivity index is 1.65. The lowest BCUT2D eigenvalue weighted by Crippen LogP contribution is -2.24. The molecule has 3 rings (SSSR count). The third-order valence-electron chi connectivity index (χ3n) is 4.70. The Labute approximate surface area is 125 Å². The van der Waals surface area contributed by atoms with Gasteiger partial charge >= 0.3 is 0 Å². The molecular formula is C17H22N2O2. The second-order valence-electron chi connectivity index (χ2n) is 6.30. The highest BCUT2D eigenvalue weighted by Crippen LogP contribution is 2.54. The SMILES string of the molecule is CCNC(=O)c1ccc(NC(=O)C2CC3CC3C2)c(C)c1. The summed E-state index contributed by atoms with van der Waals surface area (Å²) in [7, 11) is 0. The average molecular weight is 286 g/mol. The maximum Gasteiger partial charge on any atom is 0.251 e. The van der Waals surface area contributed by atoms with E-state index in [9.17, 15) is 9.59 Å². The minimum Gasteiger partial charge on any atom is -0.352 e. The van der Waals surface area contributed by atoms with Crippen molar-refractivity contribution in [2.75, 3.05) is 11.9 Å². The Morgan fingerprint density at radius 3 is 2.52 bits per heavy atom. The molecule has 2 N–H and O–H groups in total. The number of nitrogens with one attached hydrogen (secondary N) is 2. The van der Waals surface area contributed by atoms with Gasteiger partial charge in [0.25, 0.3) is 5.91 Å². The van der Waals surface area contributed by atoms with Crippen LogP contribution in [0.5, 0.6) is 0 Å². The molecule has 1 aromatic carbocycles. The van der Waals surface area contributed by atoms with Crippen LogP contribution < -0.4 is 10.6 Å². The van der Waals surface area contributed by atoms with Gasteiger partial charge in [-0.3, -0.25) is 9.59 Å². The molecule has 0 spiro atoms. The first kappa shape index (κ1) is 14.1. The zero-order chi connectivity index (χ0) is 15.0. The number of benzene rings is 1. The summed E-state index contributed by atoms with van der Waals surface area (Å²) in [5.74, 6) is 1.85. The smallest absolute Gasteiger partial charge is 0.251 e. The van der Waals surface area contributed by atoms with Crippen molar-refractivity contribution in [1.29, 1.82) is 0 Å². The lowest BCUT2D eigenvalue weighted by Gasteiger charge is -2.14. The molecule has 4 nitrogen and oxygen atoms in total. The van der Waals surface area contributed by atoms with E-state index in [-0.39, 0.29) is 17.7 Å². The van der Waals surface area contributed by atoms with Gasteiger partial charge in [-0.15, -0.1) is 0 Å². The third kappa shape index (κ3) is 2.94. The third-order valence-corrected chi connectivity index (χ3v) is 4.70. The molecule has 0 bridgehead atoms. The molecule has 2 fully saturated rings. The topological polar surface area (TPSA) is 58.2 Å². The van der Waals surface area contributed by atoms with Crippen LogP contribution in [-0.4, -0.2) is 18.4 Å². The first-order valence-electron chi connectivity index (χ1n) is 7.78. The molecule has 4 heteroatoms. The van der Waals surface area contributed by atoms with Gasteiger partial charge in [0.1, 0.15) is 0 Å². The summed E-state index contributed by atoms with van der Waals surface area (Å²) in [5.41, 5.74) is 2.37. The quantitative estimate of drug-likeness (QED) is 0.894. The number of carbonyl (C=O) groups is 2. The summed E-state index contributed by atoms with van der Waals surface area (Å²) >= 11 is 0. The van der Waals surface area contributed by atoms with E-state index < -0.39 is 0 Å². The van der Waals surface area contributed by atoms with Crippen molar-refractivity contribution in [2.45, 2.75) is 33.1 Å². The van der Waals surface area contributed by atoms with Crippen LogP contribution in [0.3, 0.4) is 0 Å². The molecule has 0 aliphatic heterocycles. The number of fused-ring (bicyclic) bond motifs is 1. The van der Waals surface area contributed by atoms with Gasteiger partial charge < -0.3 is 10.6 Å². The van der Waals surface area contributed by atoms with E-state index in [2.05, 4.69) is 10.6 Å². The van der Waals surface area contributed by atoms with E-state index in [1.165, 1.54) is 6.42 Å².